The van der Waals surface area contributed by atoms with Gasteiger partial charge in [-0.1, -0.05) is 41.1 Å². The van der Waals surface area contributed by atoms with Crippen molar-refractivity contribution in [2.75, 3.05) is 13.7 Å². The molecule has 1 aliphatic carbocycles. The molecule has 0 saturated heterocycles. The predicted octanol–water partition coefficient (Wildman–Crippen LogP) is 3.96. The molecule has 1 saturated carbocycles. The van der Waals surface area contributed by atoms with Crippen molar-refractivity contribution < 1.29 is 24.0 Å². The fourth-order valence-corrected chi connectivity index (χ4v) is 4.68. The number of esters is 1. The van der Waals surface area contributed by atoms with Gasteiger partial charge in [-0.25, -0.2) is 4.79 Å². The topological polar surface area (TPSA) is 107 Å². The highest BCUT2D eigenvalue weighted by Crippen LogP contribution is 2.42. The van der Waals surface area contributed by atoms with Crippen LogP contribution in [0.2, 0.25) is 5.02 Å². The summed E-state index contributed by atoms with van der Waals surface area (Å²) < 4.78 is 5.05. The lowest BCUT2D eigenvalue weighted by Crippen LogP contribution is -2.55. The highest BCUT2D eigenvalue weighted by molar-refractivity contribution is 7.17. The van der Waals surface area contributed by atoms with Crippen molar-refractivity contribution in [3.05, 3.63) is 62.0 Å². The lowest BCUT2D eigenvalue weighted by molar-refractivity contribution is -0.380. The van der Waals surface area contributed by atoms with E-state index in [0.717, 1.165) is 12.8 Å². The molecule has 1 fully saturated rings. The number of carbonyl (C=O) groups is 3. The highest BCUT2D eigenvalue weighted by atomic mass is 35.5. The summed E-state index contributed by atoms with van der Waals surface area (Å²) in [5.41, 5.74) is -0.672. The second-order valence-corrected chi connectivity index (χ2v) is 8.36. The smallest absolute Gasteiger partial charge is 0.349 e. The van der Waals surface area contributed by atoms with E-state index in [1.54, 1.807) is 24.3 Å². The minimum atomic E-state index is -1.22. The third-order valence-corrected chi connectivity index (χ3v) is 6.57. The standard InChI is InChI=1S/C20H19ClN2O6S/c1-22(17(25)12-29-19(26)15-9-10-18(30-15)23(27)28)20(11-5-4-8-16(20)24)13-6-2-3-7-14(13)21/h2-3,6-7,9-10H,4-5,8,11-12H2,1H3. The zero-order valence-electron chi connectivity index (χ0n) is 16.1. The van der Waals surface area contributed by atoms with Crippen molar-refractivity contribution in [1.29, 1.82) is 0 Å². The number of carbonyl (C=O) groups excluding carboxylic acids is 3. The van der Waals surface area contributed by atoms with Gasteiger partial charge < -0.3 is 9.64 Å². The van der Waals surface area contributed by atoms with E-state index in [4.69, 9.17) is 16.3 Å². The molecule has 30 heavy (non-hydrogen) atoms. The second kappa shape index (κ2) is 8.93. The van der Waals surface area contributed by atoms with Gasteiger partial charge in [0.2, 0.25) is 0 Å². The van der Waals surface area contributed by atoms with Crippen molar-refractivity contribution in [2.45, 2.75) is 31.2 Å². The average molecular weight is 451 g/mol. The van der Waals surface area contributed by atoms with Gasteiger partial charge in [-0.05, 0) is 31.4 Å². The number of hydrogen-bond donors (Lipinski definition) is 0. The van der Waals surface area contributed by atoms with Crippen LogP contribution in [0.25, 0.3) is 0 Å². The van der Waals surface area contributed by atoms with E-state index in [1.807, 2.05) is 0 Å². The number of thiophene rings is 1. The predicted molar refractivity (Wildman–Crippen MR) is 111 cm³/mol. The van der Waals surface area contributed by atoms with Gasteiger partial charge in [-0.3, -0.25) is 19.7 Å². The van der Waals surface area contributed by atoms with Gasteiger partial charge in [0.1, 0.15) is 10.4 Å². The Hall–Kier alpha value is -2.78. The van der Waals surface area contributed by atoms with E-state index in [2.05, 4.69) is 0 Å². The number of ketones is 1. The highest BCUT2D eigenvalue weighted by Gasteiger charge is 2.48. The number of ether oxygens (including phenoxy) is 1. The Bertz CT molecular complexity index is 1010. The number of nitro groups is 1. The SMILES string of the molecule is CN(C(=O)COC(=O)c1ccc([N+](=O)[O-])s1)C1(c2ccccc2Cl)CCCCC1=O. The molecule has 2 aromatic rings. The Morgan fingerprint density at radius 3 is 2.63 bits per heavy atom. The number of amides is 1. The summed E-state index contributed by atoms with van der Waals surface area (Å²) in [5, 5.41) is 10.9. The van der Waals surface area contributed by atoms with Gasteiger partial charge in [-0.2, -0.15) is 0 Å². The summed E-state index contributed by atoms with van der Waals surface area (Å²) in [6, 6.07) is 9.37. The van der Waals surface area contributed by atoms with Gasteiger partial charge in [-0.15, -0.1) is 0 Å². The zero-order valence-corrected chi connectivity index (χ0v) is 17.7. The molecule has 1 heterocycles. The van der Waals surface area contributed by atoms with Crippen LogP contribution in [0.15, 0.2) is 36.4 Å². The normalized spacial score (nSPS) is 18.7. The third kappa shape index (κ3) is 4.08. The maximum Gasteiger partial charge on any atom is 0.349 e. The fraction of sp³-hybridized carbons (Fsp3) is 0.350. The van der Waals surface area contributed by atoms with Crippen LogP contribution in [-0.2, 0) is 19.9 Å². The quantitative estimate of drug-likeness (QED) is 0.374. The monoisotopic (exact) mass is 450 g/mol. The number of rotatable bonds is 6. The first-order chi connectivity index (χ1) is 14.3. The first-order valence-corrected chi connectivity index (χ1v) is 10.4. The molecule has 8 nitrogen and oxygen atoms in total. The van der Waals surface area contributed by atoms with Gasteiger partial charge in [0.15, 0.2) is 12.4 Å². The van der Waals surface area contributed by atoms with Crippen LogP contribution in [0, 0.1) is 10.1 Å². The Labute approximate surface area is 181 Å². The van der Waals surface area contributed by atoms with Crippen LogP contribution < -0.4 is 0 Å². The Morgan fingerprint density at radius 1 is 1.27 bits per heavy atom. The molecular formula is C20H19ClN2O6S. The molecule has 10 heteroatoms. The minimum Gasteiger partial charge on any atom is -0.451 e. The van der Waals surface area contributed by atoms with Crippen molar-refractivity contribution in [2.24, 2.45) is 0 Å². The first-order valence-electron chi connectivity index (χ1n) is 9.23. The van der Waals surface area contributed by atoms with Gasteiger partial charge in [0.05, 0.1) is 4.92 Å². The van der Waals surface area contributed by atoms with Crippen LogP contribution in [0.5, 0.6) is 0 Å². The van der Waals surface area contributed by atoms with Crippen molar-refractivity contribution in [1.82, 2.24) is 4.90 Å². The van der Waals surface area contributed by atoms with Crippen LogP contribution in [0.3, 0.4) is 0 Å². The lowest BCUT2D eigenvalue weighted by Gasteiger charge is -2.43. The summed E-state index contributed by atoms with van der Waals surface area (Å²) in [7, 11) is 1.50. The van der Waals surface area contributed by atoms with Gasteiger partial charge in [0, 0.05) is 30.1 Å². The average Bonchev–Trinajstić information content (AvgIpc) is 3.23. The molecule has 1 atom stereocenters. The minimum absolute atomic E-state index is 0.0201. The number of benzene rings is 1. The Kier molecular flexibility index (Phi) is 6.52. The molecule has 0 aliphatic heterocycles. The van der Waals surface area contributed by atoms with Gasteiger partial charge >= 0.3 is 11.0 Å². The molecule has 1 aliphatic rings. The third-order valence-electron chi connectivity index (χ3n) is 5.22. The Balaban J connectivity index is 1.79. The van der Waals surface area contributed by atoms with E-state index < -0.39 is 28.9 Å². The van der Waals surface area contributed by atoms with E-state index in [-0.39, 0.29) is 15.7 Å². The molecule has 1 unspecified atom stereocenters. The molecule has 0 N–H and O–H groups in total. The zero-order chi connectivity index (χ0) is 21.9. The number of halogens is 1. The van der Waals surface area contributed by atoms with Crippen molar-refractivity contribution in [3.63, 3.8) is 0 Å². The summed E-state index contributed by atoms with van der Waals surface area (Å²) >= 11 is 7.03. The van der Waals surface area contributed by atoms with Crippen LogP contribution in [0.1, 0.15) is 40.9 Å². The number of hydrogen-bond acceptors (Lipinski definition) is 7. The number of nitrogens with zero attached hydrogens (tertiary/aromatic N) is 2. The molecule has 1 amide bonds. The van der Waals surface area contributed by atoms with E-state index in [1.165, 1.54) is 24.1 Å². The van der Waals surface area contributed by atoms with Crippen LogP contribution >= 0.6 is 22.9 Å². The Morgan fingerprint density at radius 2 is 2.00 bits per heavy atom. The maximum atomic E-state index is 13.0. The molecule has 1 aromatic carbocycles. The maximum absolute atomic E-state index is 13.0. The van der Waals surface area contributed by atoms with Crippen LogP contribution in [0.4, 0.5) is 5.00 Å². The second-order valence-electron chi connectivity index (χ2n) is 6.89. The summed E-state index contributed by atoms with van der Waals surface area (Å²) in [4.78, 5) is 49.5. The van der Waals surface area contributed by atoms with E-state index in [0.29, 0.717) is 34.8 Å². The molecular weight excluding hydrogens is 432 g/mol. The molecule has 1 aromatic heterocycles. The summed E-state index contributed by atoms with van der Waals surface area (Å²) in [6.45, 7) is -0.597. The summed E-state index contributed by atoms with van der Waals surface area (Å²) in [6.07, 6.45) is 2.22. The molecule has 0 spiro atoms. The number of Topliss-reactive ketones (excluding diaryl/α,β-unsaturated/α-hetero) is 1. The first kappa shape index (κ1) is 21.9. The van der Waals surface area contributed by atoms with E-state index in [9.17, 15) is 24.5 Å². The van der Waals surface area contributed by atoms with Crippen molar-refractivity contribution >= 4 is 45.6 Å². The number of likely N-dealkylation sites (N-methyl/N-ethyl adjacent to an activating group) is 1. The van der Waals surface area contributed by atoms with Crippen molar-refractivity contribution in [3.8, 4) is 0 Å². The van der Waals surface area contributed by atoms with Gasteiger partial charge in [0.25, 0.3) is 5.91 Å². The summed E-state index contributed by atoms with van der Waals surface area (Å²) in [5.74, 6) is -1.51. The molecule has 0 radical (unpaired) electrons. The fourth-order valence-electron chi connectivity index (χ4n) is 3.67. The molecule has 3 rings (SSSR count). The largest absolute Gasteiger partial charge is 0.451 e. The lowest BCUT2D eigenvalue weighted by atomic mass is 9.74. The molecule has 0 bridgehead atoms. The van der Waals surface area contributed by atoms with E-state index >= 15 is 0 Å². The van der Waals surface area contributed by atoms with Crippen LogP contribution in [-0.4, -0.2) is 41.1 Å². The molecule has 158 valence electrons.